The summed E-state index contributed by atoms with van der Waals surface area (Å²) in [6.45, 7) is 2.77. The van der Waals surface area contributed by atoms with E-state index in [9.17, 15) is 0 Å². The number of fused-ring (bicyclic) bond motifs is 1. The number of hydrogen-bond donors (Lipinski definition) is 2. The lowest BCUT2D eigenvalue weighted by atomic mass is 10.2. The molecule has 0 fully saturated rings. The monoisotopic (exact) mass is 283 g/mol. The summed E-state index contributed by atoms with van der Waals surface area (Å²) < 4.78 is 2.67. The number of anilines is 1. The zero-order chi connectivity index (χ0) is 11.5. The van der Waals surface area contributed by atoms with Crippen LogP contribution >= 0.6 is 15.9 Å². The molecule has 0 aromatic carbocycles. The molecule has 2 aromatic rings. The number of halogens is 1. The minimum Gasteiger partial charge on any atom is -0.353 e. The van der Waals surface area contributed by atoms with Crippen molar-refractivity contribution < 1.29 is 0 Å². The van der Waals surface area contributed by atoms with Gasteiger partial charge in [-0.05, 0) is 41.4 Å². The van der Waals surface area contributed by atoms with Gasteiger partial charge in [0.1, 0.15) is 0 Å². The van der Waals surface area contributed by atoms with E-state index in [-0.39, 0.29) is 6.04 Å². The van der Waals surface area contributed by atoms with Crippen LogP contribution in [-0.4, -0.2) is 27.2 Å². The van der Waals surface area contributed by atoms with Crippen molar-refractivity contribution in [2.45, 2.75) is 19.4 Å². The molecule has 86 valence electrons. The summed E-state index contributed by atoms with van der Waals surface area (Å²) in [6.07, 6.45) is 2.76. The molecule has 1 unspecified atom stereocenters. The normalized spacial score (nSPS) is 12.9. The van der Waals surface area contributed by atoms with Gasteiger partial charge >= 0.3 is 0 Å². The Hall–Kier alpha value is -1.14. The summed E-state index contributed by atoms with van der Waals surface area (Å²) in [7, 11) is 0. The average molecular weight is 284 g/mol. The van der Waals surface area contributed by atoms with Crippen LogP contribution in [0, 0.1) is 0 Å². The predicted octanol–water partition coefficient (Wildman–Crippen LogP) is 1.64. The van der Waals surface area contributed by atoms with Gasteiger partial charge in [0.15, 0.2) is 5.65 Å². The lowest BCUT2D eigenvalue weighted by molar-refractivity contribution is 0.688. The quantitative estimate of drug-likeness (QED) is 0.895. The zero-order valence-electron chi connectivity index (χ0n) is 9.02. The van der Waals surface area contributed by atoms with Crippen molar-refractivity contribution in [2.24, 2.45) is 5.73 Å². The maximum atomic E-state index is 5.66. The first-order valence-corrected chi connectivity index (χ1v) is 5.96. The Kier molecular flexibility index (Phi) is 3.40. The maximum Gasteiger partial charge on any atom is 0.243 e. The highest BCUT2D eigenvalue weighted by Crippen LogP contribution is 2.16. The lowest BCUT2D eigenvalue weighted by Gasteiger charge is -2.03. The Morgan fingerprint density at radius 2 is 2.44 bits per heavy atom. The molecule has 2 aromatic heterocycles. The van der Waals surface area contributed by atoms with Crippen LogP contribution in [0.25, 0.3) is 5.65 Å². The molecule has 0 aliphatic rings. The average Bonchev–Trinajstić information content (AvgIpc) is 2.61. The summed E-state index contributed by atoms with van der Waals surface area (Å²) in [5.41, 5.74) is 6.47. The molecule has 16 heavy (non-hydrogen) atoms. The van der Waals surface area contributed by atoms with E-state index in [1.807, 2.05) is 25.3 Å². The zero-order valence-corrected chi connectivity index (χ0v) is 10.6. The van der Waals surface area contributed by atoms with Crippen molar-refractivity contribution in [3.05, 3.63) is 22.8 Å². The first-order chi connectivity index (χ1) is 7.66. The molecule has 0 spiro atoms. The van der Waals surface area contributed by atoms with Gasteiger partial charge in [-0.2, -0.15) is 4.98 Å². The number of nitrogens with zero attached hydrogens (tertiary/aromatic N) is 3. The van der Waals surface area contributed by atoms with E-state index in [0.29, 0.717) is 5.95 Å². The van der Waals surface area contributed by atoms with Crippen LogP contribution in [0.15, 0.2) is 22.8 Å². The standard InChI is InChI=1S/C10H14BrN5/c1-7(12)4-5-13-10-14-9-8(11)3-2-6-16(9)15-10/h2-3,6-7H,4-5,12H2,1H3,(H,13,15). The highest BCUT2D eigenvalue weighted by atomic mass is 79.9. The molecule has 6 heteroatoms. The van der Waals surface area contributed by atoms with Crippen molar-refractivity contribution in [3.8, 4) is 0 Å². The van der Waals surface area contributed by atoms with Crippen molar-refractivity contribution in [1.82, 2.24) is 14.6 Å². The van der Waals surface area contributed by atoms with Gasteiger partial charge in [0.05, 0.1) is 4.47 Å². The molecule has 0 saturated heterocycles. The summed E-state index contributed by atoms with van der Waals surface area (Å²) >= 11 is 3.43. The van der Waals surface area contributed by atoms with Crippen molar-refractivity contribution in [3.63, 3.8) is 0 Å². The van der Waals surface area contributed by atoms with Gasteiger partial charge in [-0.1, -0.05) is 0 Å². The third-order valence-electron chi connectivity index (χ3n) is 2.20. The second-order valence-electron chi connectivity index (χ2n) is 3.75. The van der Waals surface area contributed by atoms with Crippen molar-refractivity contribution in [1.29, 1.82) is 0 Å². The Bertz CT molecular complexity index is 479. The Morgan fingerprint density at radius 1 is 1.62 bits per heavy atom. The van der Waals surface area contributed by atoms with Gasteiger partial charge in [-0.25, -0.2) is 4.52 Å². The fourth-order valence-corrected chi connectivity index (χ4v) is 1.78. The van der Waals surface area contributed by atoms with Crippen molar-refractivity contribution >= 4 is 27.5 Å². The fraction of sp³-hybridized carbons (Fsp3) is 0.400. The van der Waals surface area contributed by atoms with Gasteiger partial charge in [0, 0.05) is 18.8 Å². The van der Waals surface area contributed by atoms with Gasteiger partial charge in [0.25, 0.3) is 0 Å². The fourth-order valence-electron chi connectivity index (χ4n) is 1.36. The van der Waals surface area contributed by atoms with Crippen molar-refractivity contribution in [2.75, 3.05) is 11.9 Å². The van der Waals surface area contributed by atoms with Crippen LogP contribution in [0.2, 0.25) is 0 Å². The molecule has 1 atom stereocenters. The molecule has 0 aliphatic heterocycles. The molecule has 2 rings (SSSR count). The molecule has 5 nitrogen and oxygen atoms in total. The van der Waals surface area contributed by atoms with Gasteiger partial charge in [-0.15, -0.1) is 5.10 Å². The second-order valence-corrected chi connectivity index (χ2v) is 4.61. The van der Waals surface area contributed by atoms with Gasteiger partial charge in [0.2, 0.25) is 5.95 Å². The number of pyridine rings is 1. The van der Waals surface area contributed by atoms with Crippen LogP contribution in [0.1, 0.15) is 13.3 Å². The van der Waals surface area contributed by atoms with Crippen LogP contribution in [0.4, 0.5) is 5.95 Å². The number of rotatable bonds is 4. The molecule has 0 aliphatic carbocycles. The first kappa shape index (κ1) is 11.3. The van der Waals surface area contributed by atoms with E-state index in [1.54, 1.807) is 4.52 Å². The Morgan fingerprint density at radius 3 is 3.12 bits per heavy atom. The number of hydrogen-bond acceptors (Lipinski definition) is 4. The van der Waals surface area contributed by atoms with Crippen LogP contribution in [0.3, 0.4) is 0 Å². The lowest BCUT2D eigenvalue weighted by Crippen LogP contribution is -2.19. The van der Waals surface area contributed by atoms with Crippen LogP contribution < -0.4 is 11.1 Å². The van der Waals surface area contributed by atoms with E-state index in [0.717, 1.165) is 23.1 Å². The topological polar surface area (TPSA) is 68.2 Å². The van der Waals surface area contributed by atoms with Crippen LogP contribution in [0.5, 0.6) is 0 Å². The SMILES string of the molecule is CC(N)CCNc1nc2c(Br)cccn2n1. The number of nitrogens with one attached hydrogen (secondary N) is 1. The van der Waals surface area contributed by atoms with E-state index in [1.165, 1.54) is 0 Å². The summed E-state index contributed by atoms with van der Waals surface area (Å²) in [4.78, 5) is 4.36. The van der Waals surface area contributed by atoms with E-state index < -0.39 is 0 Å². The minimum atomic E-state index is 0.191. The van der Waals surface area contributed by atoms with Crippen LogP contribution in [-0.2, 0) is 0 Å². The predicted molar refractivity (Wildman–Crippen MR) is 67.4 cm³/mol. The third-order valence-corrected chi connectivity index (χ3v) is 2.82. The number of nitrogens with two attached hydrogens (primary N) is 1. The Balaban J connectivity index is 2.11. The maximum absolute atomic E-state index is 5.66. The molecule has 0 saturated carbocycles. The highest BCUT2D eigenvalue weighted by Gasteiger charge is 2.05. The molecule has 0 bridgehead atoms. The largest absolute Gasteiger partial charge is 0.353 e. The second kappa shape index (κ2) is 4.80. The van der Waals surface area contributed by atoms with Gasteiger partial charge < -0.3 is 11.1 Å². The van der Waals surface area contributed by atoms with E-state index in [4.69, 9.17) is 5.73 Å². The summed E-state index contributed by atoms with van der Waals surface area (Å²) in [5.74, 6) is 0.632. The van der Waals surface area contributed by atoms with Gasteiger partial charge in [-0.3, -0.25) is 0 Å². The molecule has 0 amide bonds. The minimum absolute atomic E-state index is 0.191. The summed E-state index contributed by atoms with van der Waals surface area (Å²) in [5, 5.41) is 7.44. The first-order valence-electron chi connectivity index (χ1n) is 5.17. The summed E-state index contributed by atoms with van der Waals surface area (Å²) in [6, 6.07) is 4.05. The smallest absolute Gasteiger partial charge is 0.243 e. The number of aromatic nitrogens is 3. The molecular weight excluding hydrogens is 270 g/mol. The Labute approximate surface area is 102 Å². The van der Waals surface area contributed by atoms with E-state index >= 15 is 0 Å². The molecular formula is C10H14BrN5. The molecule has 2 heterocycles. The molecule has 3 N–H and O–H groups in total. The van der Waals surface area contributed by atoms with E-state index in [2.05, 4.69) is 31.3 Å². The highest BCUT2D eigenvalue weighted by molar-refractivity contribution is 9.10. The molecule has 0 radical (unpaired) electrons. The third kappa shape index (κ3) is 2.51.